The van der Waals surface area contributed by atoms with Crippen LogP contribution >= 0.6 is 36.2 Å². The molecule has 8 heteroatoms. The molecule has 1 aliphatic rings. The van der Waals surface area contributed by atoms with E-state index in [1.165, 1.54) is 17.8 Å². The molecule has 3 rings (SSSR count). The van der Waals surface area contributed by atoms with Gasteiger partial charge in [0.15, 0.2) is 0 Å². The molecule has 1 unspecified atom stereocenters. The van der Waals surface area contributed by atoms with E-state index in [4.69, 9.17) is 4.74 Å². The Kier molecular flexibility index (Phi) is 9.94. The van der Waals surface area contributed by atoms with Gasteiger partial charge in [0.2, 0.25) is 0 Å². The predicted molar refractivity (Wildman–Crippen MR) is 111 cm³/mol. The Balaban J connectivity index is 0.00000169. The van der Waals surface area contributed by atoms with Gasteiger partial charge in [-0.05, 0) is 63.0 Å². The van der Waals surface area contributed by atoms with Crippen molar-refractivity contribution >= 4 is 42.1 Å². The SMILES string of the molecule is CCOc1ccc(-c2nc(C(=O)NCCC3CCNC3)cs2)cc1.Cl.Cl. The summed E-state index contributed by atoms with van der Waals surface area (Å²) in [6, 6.07) is 7.79. The second-order valence-electron chi connectivity index (χ2n) is 5.90. The van der Waals surface area contributed by atoms with Crippen molar-refractivity contribution in [2.24, 2.45) is 5.92 Å². The number of hydrogen-bond donors (Lipinski definition) is 2. The average molecular weight is 418 g/mol. The molecule has 2 N–H and O–H groups in total. The molecule has 1 saturated heterocycles. The van der Waals surface area contributed by atoms with Crippen LogP contribution in [-0.2, 0) is 0 Å². The van der Waals surface area contributed by atoms with Crippen LogP contribution in [0.3, 0.4) is 0 Å². The Morgan fingerprint density at radius 2 is 2.12 bits per heavy atom. The topological polar surface area (TPSA) is 63.2 Å². The molecule has 0 bridgehead atoms. The highest BCUT2D eigenvalue weighted by molar-refractivity contribution is 7.13. The zero-order valence-electron chi connectivity index (χ0n) is 14.7. The van der Waals surface area contributed by atoms with E-state index in [0.717, 1.165) is 35.8 Å². The molecule has 0 aliphatic carbocycles. The monoisotopic (exact) mass is 417 g/mol. The highest BCUT2D eigenvalue weighted by Gasteiger charge is 2.15. The molecule has 26 heavy (non-hydrogen) atoms. The third kappa shape index (κ3) is 6.13. The van der Waals surface area contributed by atoms with Crippen molar-refractivity contribution in [2.45, 2.75) is 19.8 Å². The molecule has 2 heterocycles. The van der Waals surface area contributed by atoms with E-state index in [9.17, 15) is 4.79 Å². The number of thiazole rings is 1. The third-order valence-electron chi connectivity index (χ3n) is 4.15. The average Bonchev–Trinajstić information content (AvgIpc) is 3.27. The molecule has 144 valence electrons. The normalized spacial score (nSPS) is 15.7. The number of halogens is 2. The first-order chi connectivity index (χ1) is 11.8. The largest absolute Gasteiger partial charge is 0.494 e. The maximum atomic E-state index is 12.2. The second kappa shape index (κ2) is 11.4. The highest BCUT2D eigenvalue weighted by Crippen LogP contribution is 2.25. The number of carbonyl (C=O) groups excluding carboxylic acids is 1. The van der Waals surface area contributed by atoms with E-state index in [1.807, 2.05) is 36.6 Å². The number of hydrogen-bond acceptors (Lipinski definition) is 5. The second-order valence-corrected chi connectivity index (χ2v) is 6.76. The van der Waals surface area contributed by atoms with Crippen LogP contribution in [0.25, 0.3) is 10.6 Å². The van der Waals surface area contributed by atoms with Crippen molar-refractivity contribution in [3.8, 4) is 16.3 Å². The van der Waals surface area contributed by atoms with Crippen LogP contribution in [-0.4, -0.2) is 37.1 Å². The number of carbonyl (C=O) groups is 1. The number of nitrogens with zero attached hydrogens (tertiary/aromatic N) is 1. The van der Waals surface area contributed by atoms with E-state index in [1.54, 1.807) is 0 Å². The summed E-state index contributed by atoms with van der Waals surface area (Å²) in [7, 11) is 0. The van der Waals surface area contributed by atoms with E-state index < -0.39 is 0 Å². The van der Waals surface area contributed by atoms with E-state index >= 15 is 0 Å². The van der Waals surface area contributed by atoms with Gasteiger partial charge in [0, 0.05) is 17.5 Å². The minimum Gasteiger partial charge on any atom is -0.494 e. The molecule has 5 nitrogen and oxygen atoms in total. The van der Waals surface area contributed by atoms with Crippen molar-refractivity contribution < 1.29 is 9.53 Å². The smallest absolute Gasteiger partial charge is 0.270 e. The zero-order chi connectivity index (χ0) is 16.8. The van der Waals surface area contributed by atoms with Gasteiger partial charge >= 0.3 is 0 Å². The van der Waals surface area contributed by atoms with Crippen molar-refractivity contribution in [3.63, 3.8) is 0 Å². The Bertz CT molecular complexity index is 673. The molecule has 2 aromatic rings. The molecule has 1 aromatic carbocycles. The van der Waals surface area contributed by atoms with Gasteiger partial charge in [0.1, 0.15) is 16.5 Å². The number of ether oxygens (including phenoxy) is 1. The maximum Gasteiger partial charge on any atom is 0.270 e. The van der Waals surface area contributed by atoms with Crippen molar-refractivity contribution in [1.29, 1.82) is 0 Å². The van der Waals surface area contributed by atoms with Gasteiger partial charge in [-0.3, -0.25) is 4.79 Å². The lowest BCUT2D eigenvalue weighted by atomic mass is 10.1. The molecule has 1 atom stereocenters. The minimum absolute atomic E-state index is 0. The maximum absolute atomic E-state index is 12.2. The number of amides is 1. The fourth-order valence-corrected chi connectivity index (χ4v) is 3.62. The summed E-state index contributed by atoms with van der Waals surface area (Å²) in [5.41, 5.74) is 1.49. The van der Waals surface area contributed by atoms with E-state index in [2.05, 4.69) is 15.6 Å². The summed E-state index contributed by atoms with van der Waals surface area (Å²) in [5, 5.41) is 8.98. The number of rotatable bonds is 7. The lowest BCUT2D eigenvalue weighted by molar-refractivity contribution is 0.0947. The summed E-state index contributed by atoms with van der Waals surface area (Å²) in [4.78, 5) is 16.7. The Morgan fingerprint density at radius 3 is 2.77 bits per heavy atom. The summed E-state index contributed by atoms with van der Waals surface area (Å²) in [5.74, 6) is 1.44. The van der Waals surface area contributed by atoms with Crippen LogP contribution in [0.2, 0.25) is 0 Å². The molecule has 1 aliphatic heterocycles. The van der Waals surface area contributed by atoms with Crippen molar-refractivity contribution in [1.82, 2.24) is 15.6 Å². The van der Waals surface area contributed by atoms with Crippen LogP contribution in [0.5, 0.6) is 5.75 Å². The van der Waals surface area contributed by atoms with Crippen LogP contribution in [0.1, 0.15) is 30.3 Å². The first-order valence-corrected chi connectivity index (χ1v) is 9.32. The van der Waals surface area contributed by atoms with Gasteiger partial charge in [-0.2, -0.15) is 0 Å². The molecule has 1 fully saturated rings. The van der Waals surface area contributed by atoms with E-state index in [-0.39, 0.29) is 30.7 Å². The molecule has 0 saturated carbocycles. The van der Waals surface area contributed by atoms with Crippen LogP contribution in [0, 0.1) is 5.92 Å². The lowest BCUT2D eigenvalue weighted by Gasteiger charge is -2.08. The van der Waals surface area contributed by atoms with Crippen LogP contribution in [0.4, 0.5) is 0 Å². The lowest BCUT2D eigenvalue weighted by Crippen LogP contribution is -2.26. The summed E-state index contributed by atoms with van der Waals surface area (Å²) < 4.78 is 5.44. The summed E-state index contributed by atoms with van der Waals surface area (Å²) in [6.07, 6.45) is 2.23. The predicted octanol–water partition coefficient (Wildman–Crippen LogP) is 3.78. The Hall–Kier alpha value is -1.34. The van der Waals surface area contributed by atoms with Gasteiger partial charge < -0.3 is 15.4 Å². The quantitative estimate of drug-likeness (QED) is 0.719. The zero-order valence-corrected chi connectivity index (χ0v) is 17.1. The Morgan fingerprint density at radius 1 is 1.35 bits per heavy atom. The Labute approximate surface area is 170 Å². The van der Waals surface area contributed by atoms with Gasteiger partial charge in [0.25, 0.3) is 5.91 Å². The standard InChI is InChI=1S/C18H23N3O2S.2ClH/c1-2-23-15-5-3-14(4-6-15)18-21-16(12-24-18)17(22)20-10-8-13-7-9-19-11-13;;/h3-6,12-13,19H,2,7-11H2,1H3,(H,20,22);2*1H. The van der Waals surface area contributed by atoms with Gasteiger partial charge in [0.05, 0.1) is 6.61 Å². The minimum atomic E-state index is -0.0885. The molecule has 0 radical (unpaired) electrons. The van der Waals surface area contributed by atoms with E-state index in [0.29, 0.717) is 24.8 Å². The van der Waals surface area contributed by atoms with Crippen LogP contribution < -0.4 is 15.4 Å². The number of nitrogens with one attached hydrogen (secondary N) is 2. The molecule has 1 aromatic heterocycles. The van der Waals surface area contributed by atoms with Gasteiger partial charge in [-0.15, -0.1) is 36.2 Å². The first-order valence-electron chi connectivity index (χ1n) is 8.44. The molecular weight excluding hydrogens is 393 g/mol. The third-order valence-corrected chi connectivity index (χ3v) is 5.04. The van der Waals surface area contributed by atoms with Crippen molar-refractivity contribution in [2.75, 3.05) is 26.2 Å². The summed E-state index contributed by atoms with van der Waals surface area (Å²) >= 11 is 1.49. The van der Waals surface area contributed by atoms with Crippen LogP contribution in [0.15, 0.2) is 29.6 Å². The highest BCUT2D eigenvalue weighted by atomic mass is 35.5. The number of benzene rings is 1. The fourth-order valence-electron chi connectivity index (χ4n) is 2.81. The van der Waals surface area contributed by atoms with Gasteiger partial charge in [-0.25, -0.2) is 4.98 Å². The number of aromatic nitrogens is 1. The van der Waals surface area contributed by atoms with Crippen molar-refractivity contribution in [3.05, 3.63) is 35.3 Å². The van der Waals surface area contributed by atoms with Gasteiger partial charge in [-0.1, -0.05) is 0 Å². The fraction of sp³-hybridized carbons (Fsp3) is 0.444. The summed E-state index contributed by atoms with van der Waals surface area (Å²) in [6.45, 7) is 5.48. The first kappa shape index (κ1) is 22.7. The molecule has 1 amide bonds. The molecular formula is C18H25Cl2N3O2S. The molecule has 0 spiro atoms.